The molecule has 2 N–H and O–H groups in total. The van der Waals surface area contributed by atoms with Crippen LogP contribution in [0.25, 0.3) is 11.3 Å². The van der Waals surface area contributed by atoms with Crippen molar-refractivity contribution in [1.29, 1.82) is 0 Å². The number of pyridine rings is 1. The number of rotatable bonds is 9. The summed E-state index contributed by atoms with van der Waals surface area (Å²) in [6.07, 6.45) is 11.6. The molecule has 0 aliphatic heterocycles. The van der Waals surface area contributed by atoms with E-state index in [2.05, 4.69) is 35.0 Å². The van der Waals surface area contributed by atoms with E-state index >= 15 is 0 Å². The van der Waals surface area contributed by atoms with Crippen LogP contribution in [0.5, 0.6) is 0 Å². The van der Waals surface area contributed by atoms with Gasteiger partial charge in [-0.25, -0.2) is 24.1 Å². The molecule has 10 heteroatoms. The Bertz CT molecular complexity index is 1180. The summed E-state index contributed by atoms with van der Waals surface area (Å²) in [6, 6.07) is 5.35. The maximum atomic E-state index is 13.0. The third-order valence-corrected chi connectivity index (χ3v) is 7.20. The zero-order chi connectivity index (χ0) is 22.8. The minimum Gasteiger partial charge on any atom is -0.310 e. The second-order valence-electron chi connectivity index (χ2n) is 8.39. The molecule has 5 rings (SSSR count). The van der Waals surface area contributed by atoms with Gasteiger partial charge < -0.3 is 5.32 Å². The molecule has 3 heterocycles. The van der Waals surface area contributed by atoms with Crippen LogP contribution >= 0.6 is 0 Å². The molecular formula is C23H25N7O2S. The second kappa shape index (κ2) is 9.30. The fourth-order valence-corrected chi connectivity index (χ4v) is 4.54. The molecule has 0 radical (unpaired) electrons. The lowest BCUT2D eigenvalue weighted by Crippen LogP contribution is -2.22. The van der Waals surface area contributed by atoms with Crippen molar-refractivity contribution < 1.29 is 9.00 Å². The average molecular weight is 464 g/mol. The zero-order valence-electron chi connectivity index (χ0n) is 18.3. The third-order valence-electron chi connectivity index (χ3n) is 5.74. The summed E-state index contributed by atoms with van der Waals surface area (Å²) >= 11 is 0. The van der Waals surface area contributed by atoms with Gasteiger partial charge in [-0.2, -0.15) is 0 Å². The smallest absolute Gasteiger partial charge is 0.234 e. The Kier molecular flexibility index (Phi) is 6.08. The van der Waals surface area contributed by atoms with E-state index in [0.29, 0.717) is 23.9 Å². The molecular weight excluding hydrogens is 438 g/mol. The highest BCUT2D eigenvalue weighted by Gasteiger charge is 2.29. The Morgan fingerprint density at radius 3 is 2.64 bits per heavy atom. The van der Waals surface area contributed by atoms with E-state index in [9.17, 15) is 9.00 Å². The first-order valence-electron chi connectivity index (χ1n) is 11.2. The van der Waals surface area contributed by atoms with Gasteiger partial charge in [-0.1, -0.05) is 6.92 Å². The van der Waals surface area contributed by atoms with E-state index in [-0.39, 0.29) is 17.1 Å². The Hall–Kier alpha value is -3.27. The zero-order valence-corrected chi connectivity index (χ0v) is 19.1. The number of carbonyl (C=O) groups excluding carboxylic acids is 1. The van der Waals surface area contributed by atoms with Crippen LogP contribution in [0.1, 0.15) is 62.3 Å². The summed E-state index contributed by atoms with van der Waals surface area (Å²) < 4.78 is 15.0. The first-order chi connectivity index (χ1) is 16.1. The van der Waals surface area contributed by atoms with Gasteiger partial charge in [0, 0.05) is 30.1 Å². The standard InChI is InChI=1S/C23H25N7O2S/c1-2-17(18-9-10-25-23(28-18)30-33(32)16-6-7-16)22(31)29-21-8-5-15(11-26-21)20-13-24-12-19(27-20)14-3-4-14/h5,8-14,16-17H,2-4,6-7H2,1H3,(H,25,28,30)(H,26,29,31). The number of anilines is 2. The number of amides is 1. The molecule has 2 fully saturated rings. The minimum absolute atomic E-state index is 0.165. The lowest BCUT2D eigenvalue weighted by atomic mass is 10.0. The van der Waals surface area contributed by atoms with Crippen molar-refractivity contribution in [3.05, 3.63) is 54.4 Å². The van der Waals surface area contributed by atoms with Crippen molar-refractivity contribution >= 4 is 28.7 Å². The van der Waals surface area contributed by atoms with Crippen molar-refractivity contribution in [3.8, 4) is 11.3 Å². The highest BCUT2D eigenvalue weighted by atomic mass is 32.2. The van der Waals surface area contributed by atoms with Crippen LogP contribution in [0.15, 0.2) is 43.0 Å². The van der Waals surface area contributed by atoms with Gasteiger partial charge in [0.2, 0.25) is 11.9 Å². The number of carbonyl (C=O) groups is 1. The molecule has 2 saturated carbocycles. The molecule has 0 aromatic carbocycles. The number of aromatic nitrogens is 5. The molecule has 9 nitrogen and oxygen atoms in total. The molecule has 3 aromatic rings. The van der Waals surface area contributed by atoms with Crippen LogP contribution < -0.4 is 10.0 Å². The van der Waals surface area contributed by atoms with Crippen molar-refractivity contribution in [2.45, 2.75) is 56.1 Å². The number of hydrogen-bond acceptors (Lipinski definition) is 7. The molecule has 0 spiro atoms. The molecule has 170 valence electrons. The second-order valence-corrected chi connectivity index (χ2v) is 9.86. The monoisotopic (exact) mass is 463 g/mol. The molecule has 33 heavy (non-hydrogen) atoms. The summed E-state index contributed by atoms with van der Waals surface area (Å²) in [5, 5.41) is 3.04. The summed E-state index contributed by atoms with van der Waals surface area (Å²) in [5.74, 6) is 0.574. The number of nitrogens with one attached hydrogen (secondary N) is 2. The summed E-state index contributed by atoms with van der Waals surface area (Å²) in [6.45, 7) is 1.92. The van der Waals surface area contributed by atoms with Crippen LogP contribution in [-0.2, 0) is 15.8 Å². The first-order valence-corrected chi connectivity index (χ1v) is 12.4. The van der Waals surface area contributed by atoms with E-state index in [1.807, 2.05) is 19.2 Å². The average Bonchev–Trinajstić information content (AvgIpc) is 3.73. The molecule has 2 atom stereocenters. The molecule has 0 saturated heterocycles. The lowest BCUT2D eigenvalue weighted by molar-refractivity contribution is -0.117. The minimum atomic E-state index is -1.19. The highest BCUT2D eigenvalue weighted by molar-refractivity contribution is 7.87. The Morgan fingerprint density at radius 2 is 1.94 bits per heavy atom. The summed E-state index contributed by atoms with van der Waals surface area (Å²) in [7, 11) is -1.19. The summed E-state index contributed by atoms with van der Waals surface area (Å²) in [4.78, 5) is 34.9. The van der Waals surface area contributed by atoms with E-state index in [1.54, 1.807) is 30.7 Å². The number of nitrogens with zero attached hydrogens (tertiary/aromatic N) is 5. The van der Waals surface area contributed by atoms with Crippen LogP contribution in [0, 0.1) is 0 Å². The fourth-order valence-electron chi connectivity index (χ4n) is 3.53. The van der Waals surface area contributed by atoms with Gasteiger partial charge in [0.25, 0.3) is 0 Å². The lowest BCUT2D eigenvalue weighted by Gasteiger charge is -2.15. The first kappa shape index (κ1) is 21.6. The SMILES string of the molecule is CCC(C(=O)Nc1ccc(-c2cncc(C3CC3)n2)cn1)c1ccnc(NS(=O)C2CC2)n1. The highest BCUT2D eigenvalue weighted by Crippen LogP contribution is 2.39. The van der Waals surface area contributed by atoms with Crippen molar-refractivity contribution in [2.24, 2.45) is 0 Å². The quantitative estimate of drug-likeness (QED) is 0.497. The van der Waals surface area contributed by atoms with Gasteiger partial charge in [0.05, 0.1) is 34.4 Å². The van der Waals surface area contributed by atoms with Gasteiger partial charge in [-0.05, 0) is 50.3 Å². The van der Waals surface area contributed by atoms with Gasteiger partial charge in [0.15, 0.2) is 0 Å². The summed E-state index contributed by atoms with van der Waals surface area (Å²) in [5.41, 5.74) is 3.23. The maximum absolute atomic E-state index is 13.0. The maximum Gasteiger partial charge on any atom is 0.234 e. The Morgan fingerprint density at radius 1 is 1.09 bits per heavy atom. The van der Waals surface area contributed by atoms with E-state index < -0.39 is 16.9 Å². The molecule has 2 aliphatic carbocycles. The molecule has 3 aromatic heterocycles. The van der Waals surface area contributed by atoms with E-state index in [0.717, 1.165) is 29.8 Å². The van der Waals surface area contributed by atoms with Gasteiger partial charge in [-0.15, -0.1) is 0 Å². The normalized spacial score (nSPS) is 17.2. The fraction of sp³-hybridized carbons (Fsp3) is 0.391. The third kappa shape index (κ3) is 5.22. The Labute approximate surface area is 194 Å². The molecule has 2 unspecified atom stereocenters. The van der Waals surface area contributed by atoms with Crippen LogP contribution in [0.2, 0.25) is 0 Å². The Balaban J connectivity index is 1.26. The van der Waals surface area contributed by atoms with Gasteiger partial charge in [0.1, 0.15) is 16.8 Å². The van der Waals surface area contributed by atoms with Crippen LogP contribution in [0.4, 0.5) is 11.8 Å². The number of hydrogen-bond donors (Lipinski definition) is 2. The van der Waals surface area contributed by atoms with Crippen LogP contribution in [0.3, 0.4) is 0 Å². The molecule has 0 bridgehead atoms. The molecule has 1 amide bonds. The molecule has 2 aliphatic rings. The van der Waals surface area contributed by atoms with E-state index in [1.165, 1.54) is 12.8 Å². The van der Waals surface area contributed by atoms with Gasteiger partial charge >= 0.3 is 0 Å². The largest absolute Gasteiger partial charge is 0.310 e. The van der Waals surface area contributed by atoms with Crippen molar-refractivity contribution in [2.75, 3.05) is 10.0 Å². The van der Waals surface area contributed by atoms with Crippen molar-refractivity contribution in [3.63, 3.8) is 0 Å². The van der Waals surface area contributed by atoms with Gasteiger partial charge in [-0.3, -0.25) is 14.5 Å². The van der Waals surface area contributed by atoms with Crippen molar-refractivity contribution in [1.82, 2.24) is 24.9 Å². The topological polar surface area (TPSA) is 123 Å². The predicted octanol–water partition coefficient (Wildman–Crippen LogP) is 3.58. The predicted molar refractivity (Wildman–Crippen MR) is 126 cm³/mol. The van der Waals surface area contributed by atoms with E-state index in [4.69, 9.17) is 0 Å². The van der Waals surface area contributed by atoms with Crippen LogP contribution in [-0.4, -0.2) is 40.3 Å².